The van der Waals surface area contributed by atoms with Crippen molar-refractivity contribution in [1.82, 2.24) is 9.97 Å². The molecule has 0 fully saturated rings. The Morgan fingerprint density at radius 1 is 1.50 bits per heavy atom. The van der Waals surface area contributed by atoms with E-state index in [0.29, 0.717) is 11.5 Å². The van der Waals surface area contributed by atoms with E-state index in [1.165, 1.54) is 12.4 Å². The molecule has 2 aromatic heterocycles. The van der Waals surface area contributed by atoms with Crippen molar-refractivity contribution < 1.29 is 4.42 Å². The molecule has 0 saturated carbocycles. The third-order valence-electron chi connectivity index (χ3n) is 1.45. The molecule has 2 rings (SSSR count). The Morgan fingerprint density at radius 2 is 2.42 bits per heavy atom. The van der Waals surface area contributed by atoms with Crippen LogP contribution in [0.4, 0.5) is 0 Å². The summed E-state index contributed by atoms with van der Waals surface area (Å²) in [6, 6.07) is 3.54. The predicted octanol–water partition coefficient (Wildman–Crippen LogP) is 1.03. The van der Waals surface area contributed by atoms with Gasteiger partial charge in [-0.05, 0) is 12.1 Å². The van der Waals surface area contributed by atoms with Gasteiger partial charge in [0.05, 0.1) is 12.5 Å². The lowest BCUT2D eigenvalue weighted by molar-refractivity contribution is 0.579. The first-order valence-electron chi connectivity index (χ1n) is 3.45. The van der Waals surface area contributed by atoms with Crippen LogP contribution in [0.5, 0.6) is 0 Å². The molecule has 0 aliphatic heterocycles. The van der Waals surface area contributed by atoms with Crippen LogP contribution in [0.15, 0.2) is 40.0 Å². The van der Waals surface area contributed by atoms with Crippen LogP contribution in [0.25, 0.3) is 11.5 Å². The fraction of sp³-hybridized carbons (Fsp3) is 0. The highest BCUT2D eigenvalue weighted by Crippen LogP contribution is 2.13. The van der Waals surface area contributed by atoms with Gasteiger partial charge in [-0.15, -0.1) is 0 Å². The van der Waals surface area contributed by atoms with Crippen LogP contribution in [-0.2, 0) is 0 Å². The summed E-state index contributed by atoms with van der Waals surface area (Å²) < 4.78 is 5.07. The number of furan rings is 1. The van der Waals surface area contributed by atoms with Crippen molar-refractivity contribution in [2.75, 3.05) is 0 Å². The minimum absolute atomic E-state index is 0.217. The molecule has 0 radical (unpaired) electrons. The smallest absolute Gasteiger partial charge is 0.266 e. The zero-order valence-corrected chi connectivity index (χ0v) is 6.15. The average Bonchev–Trinajstić information content (AvgIpc) is 2.58. The molecule has 0 aromatic carbocycles. The quantitative estimate of drug-likeness (QED) is 0.681. The van der Waals surface area contributed by atoms with Gasteiger partial charge in [-0.3, -0.25) is 4.79 Å². The molecule has 12 heavy (non-hydrogen) atoms. The Labute approximate surface area is 67.9 Å². The summed E-state index contributed by atoms with van der Waals surface area (Å²) in [6.45, 7) is 0. The molecule has 0 aliphatic carbocycles. The van der Waals surface area contributed by atoms with E-state index in [0.717, 1.165) is 0 Å². The summed E-state index contributed by atoms with van der Waals surface area (Å²) in [5.74, 6) is 0.645. The first kappa shape index (κ1) is 6.84. The normalized spacial score (nSPS) is 10.0. The molecule has 2 heterocycles. The topological polar surface area (TPSA) is 58.9 Å². The maximum absolute atomic E-state index is 10.6. The van der Waals surface area contributed by atoms with E-state index in [9.17, 15) is 4.79 Å². The Hall–Kier alpha value is -1.84. The molecule has 4 nitrogen and oxygen atoms in total. The highest BCUT2D eigenvalue weighted by atomic mass is 16.3. The van der Waals surface area contributed by atoms with Gasteiger partial charge < -0.3 is 9.40 Å². The van der Waals surface area contributed by atoms with E-state index in [1.54, 1.807) is 18.4 Å². The molecular formula is C8H6N2O2. The average molecular weight is 162 g/mol. The largest absolute Gasteiger partial charge is 0.463 e. The van der Waals surface area contributed by atoms with Crippen LogP contribution >= 0.6 is 0 Å². The van der Waals surface area contributed by atoms with Crippen molar-refractivity contribution in [3.05, 3.63) is 41.1 Å². The second-order valence-electron chi connectivity index (χ2n) is 2.27. The third-order valence-corrected chi connectivity index (χ3v) is 1.45. The molecule has 0 saturated heterocycles. The van der Waals surface area contributed by atoms with E-state index < -0.39 is 0 Å². The summed E-state index contributed by atoms with van der Waals surface area (Å²) in [5, 5.41) is 0. The molecule has 0 aliphatic rings. The van der Waals surface area contributed by atoms with Crippen LogP contribution in [-0.4, -0.2) is 9.97 Å². The van der Waals surface area contributed by atoms with Gasteiger partial charge in [-0.2, -0.15) is 0 Å². The molecule has 0 spiro atoms. The summed E-state index contributed by atoms with van der Waals surface area (Å²) in [4.78, 5) is 17.0. The zero-order valence-electron chi connectivity index (χ0n) is 6.15. The lowest BCUT2D eigenvalue weighted by atomic mass is 10.3. The van der Waals surface area contributed by atoms with Gasteiger partial charge in [0.2, 0.25) is 0 Å². The molecule has 60 valence electrons. The zero-order chi connectivity index (χ0) is 8.39. The summed E-state index contributed by atoms with van der Waals surface area (Å²) in [7, 11) is 0. The van der Waals surface area contributed by atoms with Crippen LogP contribution in [0.1, 0.15) is 0 Å². The Kier molecular flexibility index (Phi) is 1.51. The van der Waals surface area contributed by atoms with Crippen LogP contribution in [0.3, 0.4) is 0 Å². The lowest BCUT2D eigenvalue weighted by Gasteiger charge is -1.91. The first-order chi connectivity index (χ1) is 5.86. The van der Waals surface area contributed by atoms with Gasteiger partial charge in [-0.25, -0.2) is 4.98 Å². The van der Waals surface area contributed by atoms with Crippen molar-refractivity contribution in [3.63, 3.8) is 0 Å². The summed E-state index contributed by atoms with van der Waals surface area (Å²) in [5.41, 5.74) is 0.407. The maximum atomic E-state index is 10.6. The lowest BCUT2D eigenvalue weighted by Crippen LogP contribution is -2.03. The predicted molar refractivity (Wildman–Crippen MR) is 42.6 cm³/mol. The number of hydrogen-bond donors (Lipinski definition) is 1. The van der Waals surface area contributed by atoms with E-state index >= 15 is 0 Å². The SMILES string of the molecule is O=c1cnc(-c2ccco2)c[nH]1. The van der Waals surface area contributed by atoms with E-state index in [4.69, 9.17) is 4.42 Å². The summed E-state index contributed by atoms with van der Waals surface area (Å²) >= 11 is 0. The van der Waals surface area contributed by atoms with Crippen molar-refractivity contribution in [2.45, 2.75) is 0 Å². The number of rotatable bonds is 1. The third kappa shape index (κ3) is 1.14. The Morgan fingerprint density at radius 3 is 3.00 bits per heavy atom. The molecular weight excluding hydrogens is 156 g/mol. The van der Waals surface area contributed by atoms with Gasteiger partial charge in [0.15, 0.2) is 5.76 Å². The van der Waals surface area contributed by atoms with Gasteiger partial charge in [0, 0.05) is 6.20 Å². The van der Waals surface area contributed by atoms with Crippen molar-refractivity contribution in [1.29, 1.82) is 0 Å². The standard InChI is InChI=1S/C8H6N2O2/c11-8-5-9-6(4-10-8)7-2-1-3-12-7/h1-5H,(H,10,11). The molecule has 0 bridgehead atoms. The molecule has 1 N–H and O–H groups in total. The van der Waals surface area contributed by atoms with E-state index in [1.807, 2.05) is 0 Å². The van der Waals surface area contributed by atoms with E-state index in [-0.39, 0.29) is 5.56 Å². The second kappa shape index (κ2) is 2.65. The molecule has 0 atom stereocenters. The van der Waals surface area contributed by atoms with Crippen LogP contribution in [0, 0.1) is 0 Å². The molecule has 0 unspecified atom stereocenters. The Bertz CT molecular complexity index is 396. The van der Waals surface area contributed by atoms with Crippen LogP contribution in [0.2, 0.25) is 0 Å². The second-order valence-corrected chi connectivity index (χ2v) is 2.27. The Balaban J connectivity index is 2.49. The highest BCUT2D eigenvalue weighted by Gasteiger charge is 1.99. The number of nitrogens with zero attached hydrogens (tertiary/aromatic N) is 1. The van der Waals surface area contributed by atoms with Gasteiger partial charge in [0.25, 0.3) is 5.56 Å². The molecule has 4 heteroatoms. The minimum Gasteiger partial charge on any atom is -0.463 e. The fourth-order valence-electron chi connectivity index (χ4n) is 0.901. The summed E-state index contributed by atoms with van der Waals surface area (Å²) in [6.07, 6.45) is 4.29. The number of aromatic amines is 1. The highest BCUT2D eigenvalue weighted by molar-refractivity contribution is 5.49. The van der Waals surface area contributed by atoms with E-state index in [2.05, 4.69) is 9.97 Å². The molecule has 0 amide bonds. The minimum atomic E-state index is -0.217. The maximum Gasteiger partial charge on any atom is 0.266 e. The number of nitrogens with one attached hydrogen (secondary N) is 1. The number of hydrogen-bond acceptors (Lipinski definition) is 3. The first-order valence-corrected chi connectivity index (χ1v) is 3.45. The number of aromatic nitrogens is 2. The van der Waals surface area contributed by atoms with Crippen molar-refractivity contribution in [2.24, 2.45) is 0 Å². The number of H-pyrrole nitrogens is 1. The van der Waals surface area contributed by atoms with Crippen molar-refractivity contribution >= 4 is 0 Å². The van der Waals surface area contributed by atoms with Gasteiger partial charge >= 0.3 is 0 Å². The molecule has 2 aromatic rings. The van der Waals surface area contributed by atoms with Crippen molar-refractivity contribution in [3.8, 4) is 11.5 Å². The monoisotopic (exact) mass is 162 g/mol. The van der Waals surface area contributed by atoms with Gasteiger partial charge in [0.1, 0.15) is 5.69 Å². The van der Waals surface area contributed by atoms with Gasteiger partial charge in [-0.1, -0.05) is 0 Å². The van der Waals surface area contributed by atoms with Crippen LogP contribution < -0.4 is 5.56 Å². The fourth-order valence-corrected chi connectivity index (χ4v) is 0.901.